The standard InChI is InChI=1S/C14H16N2O5/c1-3-15-14(18)10(2)21-13(17)9-6-11-4-7-12(8-5-11)16(19)20/h4-10H,3H2,1-2H3,(H,15,18)/b9-6+/t10-/m1/s1. The van der Waals surface area contributed by atoms with Gasteiger partial charge >= 0.3 is 5.97 Å². The van der Waals surface area contributed by atoms with Crippen LogP contribution in [0.25, 0.3) is 6.08 Å². The van der Waals surface area contributed by atoms with Crippen LogP contribution in [0.3, 0.4) is 0 Å². The van der Waals surface area contributed by atoms with Crippen molar-refractivity contribution in [1.82, 2.24) is 5.32 Å². The largest absolute Gasteiger partial charge is 0.449 e. The van der Waals surface area contributed by atoms with Crippen molar-refractivity contribution < 1.29 is 19.2 Å². The number of hydrogen-bond acceptors (Lipinski definition) is 5. The third kappa shape index (κ3) is 5.43. The number of nitrogens with one attached hydrogen (secondary N) is 1. The second kappa shape index (κ2) is 7.78. The molecule has 0 aromatic heterocycles. The summed E-state index contributed by atoms with van der Waals surface area (Å²) in [6.45, 7) is 3.70. The predicted molar refractivity (Wildman–Crippen MR) is 76.4 cm³/mol. The second-order valence-electron chi connectivity index (χ2n) is 4.16. The van der Waals surface area contributed by atoms with Crippen molar-refractivity contribution in [2.75, 3.05) is 6.54 Å². The number of carbonyl (C=O) groups excluding carboxylic acids is 2. The molecule has 0 aliphatic rings. The molecule has 1 atom stereocenters. The van der Waals surface area contributed by atoms with Crippen LogP contribution in [0.4, 0.5) is 5.69 Å². The number of rotatable bonds is 6. The Labute approximate surface area is 121 Å². The highest BCUT2D eigenvalue weighted by Gasteiger charge is 2.15. The van der Waals surface area contributed by atoms with E-state index in [4.69, 9.17) is 4.74 Å². The lowest BCUT2D eigenvalue weighted by atomic mass is 10.2. The molecule has 0 unspecified atom stereocenters. The van der Waals surface area contributed by atoms with E-state index in [0.717, 1.165) is 6.08 Å². The minimum atomic E-state index is -0.876. The highest BCUT2D eigenvalue weighted by atomic mass is 16.6. The van der Waals surface area contributed by atoms with Gasteiger partial charge < -0.3 is 10.1 Å². The molecular weight excluding hydrogens is 276 g/mol. The van der Waals surface area contributed by atoms with Crippen molar-refractivity contribution in [2.24, 2.45) is 0 Å². The van der Waals surface area contributed by atoms with Crippen LogP contribution in [-0.4, -0.2) is 29.4 Å². The summed E-state index contributed by atoms with van der Waals surface area (Å²) in [4.78, 5) is 32.9. The third-order valence-corrected chi connectivity index (χ3v) is 2.53. The van der Waals surface area contributed by atoms with E-state index in [0.29, 0.717) is 12.1 Å². The molecule has 7 heteroatoms. The number of carbonyl (C=O) groups is 2. The first-order valence-corrected chi connectivity index (χ1v) is 6.35. The zero-order chi connectivity index (χ0) is 15.8. The molecule has 21 heavy (non-hydrogen) atoms. The number of nitro benzene ring substituents is 1. The Bertz CT molecular complexity index is 551. The summed E-state index contributed by atoms with van der Waals surface area (Å²) in [7, 11) is 0. The number of hydrogen-bond donors (Lipinski definition) is 1. The van der Waals surface area contributed by atoms with Crippen molar-refractivity contribution in [3.8, 4) is 0 Å². The Morgan fingerprint density at radius 1 is 1.38 bits per heavy atom. The molecule has 0 bridgehead atoms. The summed E-state index contributed by atoms with van der Waals surface area (Å²) >= 11 is 0. The first-order chi connectivity index (χ1) is 9.93. The lowest BCUT2D eigenvalue weighted by Gasteiger charge is -2.10. The fraction of sp³-hybridized carbons (Fsp3) is 0.286. The van der Waals surface area contributed by atoms with Gasteiger partial charge in [0.2, 0.25) is 0 Å². The topological polar surface area (TPSA) is 98.5 Å². The van der Waals surface area contributed by atoms with E-state index >= 15 is 0 Å². The molecule has 1 aromatic rings. The fourth-order valence-corrected chi connectivity index (χ4v) is 1.46. The monoisotopic (exact) mass is 292 g/mol. The van der Waals surface area contributed by atoms with E-state index < -0.39 is 17.0 Å². The Balaban J connectivity index is 2.57. The number of likely N-dealkylation sites (N-methyl/N-ethyl adjacent to an activating group) is 1. The molecule has 0 fully saturated rings. The zero-order valence-electron chi connectivity index (χ0n) is 11.7. The molecule has 0 aliphatic carbocycles. The maximum absolute atomic E-state index is 11.5. The van der Waals surface area contributed by atoms with Crippen molar-refractivity contribution in [2.45, 2.75) is 20.0 Å². The molecule has 0 saturated carbocycles. The quantitative estimate of drug-likeness (QED) is 0.372. The maximum atomic E-state index is 11.5. The molecule has 1 rings (SSSR count). The SMILES string of the molecule is CCNC(=O)[C@@H](C)OC(=O)/C=C/c1ccc([N+](=O)[O-])cc1. The lowest BCUT2D eigenvalue weighted by molar-refractivity contribution is -0.384. The zero-order valence-corrected chi connectivity index (χ0v) is 11.7. The number of nitrogens with zero attached hydrogens (tertiary/aromatic N) is 1. The first-order valence-electron chi connectivity index (χ1n) is 6.35. The van der Waals surface area contributed by atoms with Gasteiger partial charge in [-0.15, -0.1) is 0 Å². The van der Waals surface area contributed by atoms with Gasteiger partial charge in [-0.25, -0.2) is 4.79 Å². The van der Waals surface area contributed by atoms with Gasteiger partial charge in [0.1, 0.15) is 0 Å². The molecule has 112 valence electrons. The van der Waals surface area contributed by atoms with Crippen LogP contribution < -0.4 is 5.32 Å². The number of nitro groups is 1. The van der Waals surface area contributed by atoms with Crippen LogP contribution in [0.2, 0.25) is 0 Å². The molecule has 0 aliphatic heterocycles. The van der Waals surface area contributed by atoms with E-state index in [2.05, 4.69) is 5.32 Å². The van der Waals surface area contributed by atoms with E-state index in [9.17, 15) is 19.7 Å². The third-order valence-electron chi connectivity index (χ3n) is 2.53. The van der Waals surface area contributed by atoms with Gasteiger partial charge in [-0.2, -0.15) is 0 Å². The number of ether oxygens (including phenoxy) is 1. The normalized spacial score (nSPS) is 11.9. The van der Waals surface area contributed by atoms with Crippen LogP contribution in [0.15, 0.2) is 30.3 Å². The summed E-state index contributed by atoms with van der Waals surface area (Å²) in [5.41, 5.74) is 0.586. The molecule has 1 aromatic carbocycles. The van der Waals surface area contributed by atoms with E-state index in [-0.39, 0.29) is 11.6 Å². The summed E-state index contributed by atoms with van der Waals surface area (Å²) in [6, 6.07) is 5.69. The Hall–Kier alpha value is -2.70. The second-order valence-corrected chi connectivity index (χ2v) is 4.16. The molecule has 0 radical (unpaired) electrons. The number of benzene rings is 1. The van der Waals surface area contributed by atoms with E-state index in [1.807, 2.05) is 0 Å². The Morgan fingerprint density at radius 3 is 2.52 bits per heavy atom. The van der Waals surface area contributed by atoms with Crippen molar-refractivity contribution in [1.29, 1.82) is 0 Å². The smallest absolute Gasteiger partial charge is 0.331 e. The first kappa shape index (κ1) is 16.4. The molecule has 0 saturated heterocycles. The fourth-order valence-electron chi connectivity index (χ4n) is 1.46. The Morgan fingerprint density at radius 2 is 2.00 bits per heavy atom. The van der Waals surface area contributed by atoms with Crippen molar-refractivity contribution in [3.05, 3.63) is 46.0 Å². The predicted octanol–water partition coefficient (Wildman–Crippen LogP) is 1.68. The van der Waals surface area contributed by atoms with Gasteiger partial charge in [-0.05, 0) is 37.6 Å². The molecular formula is C14H16N2O5. The van der Waals surface area contributed by atoms with Crippen LogP contribution in [0.1, 0.15) is 19.4 Å². The number of amides is 1. The molecule has 7 nitrogen and oxygen atoms in total. The van der Waals surface area contributed by atoms with Crippen molar-refractivity contribution in [3.63, 3.8) is 0 Å². The van der Waals surface area contributed by atoms with Gasteiger partial charge in [-0.3, -0.25) is 14.9 Å². The summed E-state index contributed by atoms with van der Waals surface area (Å²) < 4.78 is 4.90. The minimum Gasteiger partial charge on any atom is -0.449 e. The van der Waals surface area contributed by atoms with Crippen LogP contribution in [0, 0.1) is 10.1 Å². The number of non-ortho nitro benzene ring substituents is 1. The number of esters is 1. The lowest BCUT2D eigenvalue weighted by Crippen LogP contribution is -2.35. The van der Waals surface area contributed by atoms with Gasteiger partial charge in [-0.1, -0.05) is 0 Å². The van der Waals surface area contributed by atoms with Crippen LogP contribution in [0.5, 0.6) is 0 Å². The summed E-state index contributed by atoms with van der Waals surface area (Å²) in [6.07, 6.45) is 1.74. The summed E-state index contributed by atoms with van der Waals surface area (Å²) in [5.74, 6) is -1.03. The van der Waals surface area contributed by atoms with Crippen LogP contribution >= 0.6 is 0 Å². The highest BCUT2D eigenvalue weighted by Crippen LogP contribution is 2.12. The maximum Gasteiger partial charge on any atom is 0.331 e. The van der Waals surface area contributed by atoms with Gasteiger partial charge in [0, 0.05) is 24.8 Å². The molecule has 0 spiro atoms. The van der Waals surface area contributed by atoms with Gasteiger partial charge in [0.15, 0.2) is 6.10 Å². The average Bonchev–Trinajstić information content (AvgIpc) is 2.45. The van der Waals surface area contributed by atoms with E-state index in [1.54, 1.807) is 6.92 Å². The molecule has 0 heterocycles. The highest BCUT2D eigenvalue weighted by molar-refractivity contribution is 5.90. The molecule has 1 amide bonds. The Kier molecular flexibility index (Phi) is 6.06. The van der Waals surface area contributed by atoms with Gasteiger partial charge in [0.05, 0.1) is 4.92 Å². The van der Waals surface area contributed by atoms with Crippen molar-refractivity contribution >= 4 is 23.6 Å². The van der Waals surface area contributed by atoms with Crippen LogP contribution in [-0.2, 0) is 14.3 Å². The minimum absolute atomic E-state index is 0.0282. The molecule has 1 N–H and O–H groups in total. The van der Waals surface area contributed by atoms with Gasteiger partial charge in [0.25, 0.3) is 11.6 Å². The summed E-state index contributed by atoms with van der Waals surface area (Å²) in [5, 5.41) is 13.0. The van der Waals surface area contributed by atoms with E-state index in [1.165, 1.54) is 37.3 Å². The average molecular weight is 292 g/mol.